The Balaban J connectivity index is 0.000000230. The van der Waals surface area contributed by atoms with Crippen LogP contribution in [-0.2, 0) is 4.74 Å². The minimum Gasteiger partial charge on any atom is -0.379 e. The Morgan fingerprint density at radius 2 is 1.88 bits per heavy atom. The van der Waals surface area contributed by atoms with Gasteiger partial charge in [-0.3, -0.25) is 0 Å². The van der Waals surface area contributed by atoms with Crippen LogP contribution >= 0.6 is 11.3 Å². The number of ether oxygens (including phenoxy) is 1. The number of nitrogens with zero attached hydrogens (tertiary/aromatic N) is 1. The summed E-state index contributed by atoms with van der Waals surface area (Å²) in [6, 6.07) is 2.10. The van der Waals surface area contributed by atoms with Gasteiger partial charge in [-0.2, -0.15) is 11.3 Å². The molecule has 1 aliphatic rings. The van der Waals surface area contributed by atoms with Crippen molar-refractivity contribution in [2.24, 2.45) is 0 Å². The third kappa shape index (κ3) is 10.1. The van der Waals surface area contributed by atoms with Crippen molar-refractivity contribution >= 4 is 11.3 Å². The summed E-state index contributed by atoms with van der Waals surface area (Å²) in [5.41, 5.74) is 1.36. The summed E-state index contributed by atoms with van der Waals surface area (Å²) in [4.78, 5) is 2.27. The van der Waals surface area contributed by atoms with Crippen LogP contribution in [0, 0.1) is 6.92 Å². The van der Waals surface area contributed by atoms with E-state index >= 15 is 0 Å². The third-order valence-corrected chi connectivity index (χ3v) is 2.70. The lowest BCUT2D eigenvalue weighted by Gasteiger charge is -2.21. The van der Waals surface area contributed by atoms with Crippen molar-refractivity contribution in [3.8, 4) is 0 Å². The molecule has 0 radical (unpaired) electrons. The van der Waals surface area contributed by atoms with Crippen LogP contribution in [0.15, 0.2) is 16.8 Å². The molecular formula is C13H25NOS. The smallest absolute Gasteiger partial charge is 0.0594 e. The summed E-state index contributed by atoms with van der Waals surface area (Å²) >= 11 is 1.74. The Morgan fingerprint density at radius 3 is 2.06 bits per heavy atom. The summed E-state index contributed by atoms with van der Waals surface area (Å²) < 4.78 is 5.10. The van der Waals surface area contributed by atoms with E-state index < -0.39 is 0 Å². The minimum absolute atomic E-state index is 0.913. The lowest BCUT2D eigenvalue weighted by molar-refractivity contribution is 0.0503. The van der Waals surface area contributed by atoms with E-state index in [2.05, 4.69) is 49.5 Å². The predicted octanol–water partition coefficient (Wildman–Crippen LogP) is 3.42. The van der Waals surface area contributed by atoms with Crippen molar-refractivity contribution in [2.75, 3.05) is 33.4 Å². The maximum absolute atomic E-state index is 5.10. The first kappa shape index (κ1) is 15.6. The van der Waals surface area contributed by atoms with E-state index in [4.69, 9.17) is 4.74 Å². The van der Waals surface area contributed by atoms with Gasteiger partial charge in [0.2, 0.25) is 0 Å². The van der Waals surface area contributed by atoms with Crippen molar-refractivity contribution in [3.05, 3.63) is 22.4 Å². The van der Waals surface area contributed by atoms with Gasteiger partial charge in [-0.05, 0) is 36.4 Å². The van der Waals surface area contributed by atoms with Gasteiger partial charge in [-0.1, -0.05) is 20.3 Å². The van der Waals surface area contributed by atoms with Crippen molar-refractivity contribution in [3.63, 3.8) is 0 Å². The number of hydrogen-bond acceptors (Lipinski definition) is 3. The van der Waals surface area contributed by atoms with Gasteiger partial charge >= 0.3 is 0 Å². The van der Waals surface area contributed by atoms with Gasteiger partial charge in [0, 0.05) is 13.1 Å². The molecule has 0 amide bonds. The molecule has 94 valence electrons. The average Bonchev–Trinajstić information content (AvgIpc) is 2.72. The molecule has 0 N–H and O–H groups in total. The van der Waals surface area contributed by atoms with Crippen LogP contribution in [0.2, 0.25) is 0 Å². The fourth-order valence-corrected chi connectivity index (χ4v) is 1.65. The molecule has 1 saturated heterocycles. The first-order valence-corrected chi connectivity index (χ1v) is 6.90. The Kier molecular flexibility index (Phi) is 10.9. The SMILES string of the molecule is CCC.CN1CCOCC1.Cc1ccsc1. The quantitative estimate of drug-likeness (QED) is 0.692. The van der Waals surface area contributed by atoms with Gasteiger partial charge in [0.1, 0.15) is 0 Å². The largest absolute Gasteiger partial charge is 0.379 e. The lowest BCUT2D eigenvalue weighted by Crippen LogP contribution is -2.32. The van der Waals surface area contributed by atoms with E-state index in [9.17, 15) is 0 Å². The highest BCUT2D eigenvalue weighted by molar-refractivity contribution is 7.07. The summed E-state index contributed by atoms with van der Waals surface area (Å²) in [5.74, 6) is 0. The van der Waals surface area contributed by atoms with Crippen molar-refractivity contribution in [1.29, 1.82) is 0 Å². The summed E-state index contributed by atoms with van der Waals surface area (Å²) in [6.07, 6.45) is 1.25. The number of rotatable bonds is 0. The molecule has 1 aromatic rings. The second-order valence-electron chi connectivity index (χ2n) is 3.92. The molecule has 0 bridgehead atoms. The van der Waals surface area contributed by atoms with Crippen LogP contribution in [0.4, 0.5) is 0 Å². The minimum atomic E-state index is 0.913. The monoisotopic (exact) mass is 243 g/mol. The second-order valence-corrected chi connectivity index (χ2v) is 4.70. The highest BCUT2D eigenvalue weighted by Crippen LogP contribution is 2.01. The van der Waals surface area contributed by atoms with E-state index in [0.29, 0.717) is 0 Å². The van der Waals surface area contributed by atoms with Gasteiger partial charge < -0.3 is 9.64 Å². The van der Waals surface area contributed by atoms with E-state index in [-0.39, 0.29) is 0 Å². The molecule has 0 unspecified atom stereocenters. The zero-order valence-electron chi connectivity index (χ0n) is 11.0. The zero-order valence-corrected chi connectivity index (χ0v) is 11.8. The van der Waals surface area contributed by atoms with Crippen LogP contribution in [-0.4, -0.2) is 38.3 Å². The maximum atomic E-state index is 5.10. The Labute approximate surface area is 104 Å². The fourth-order valence-electron chi connectivity index (χ4n) is 0.987. The highest BCUT2D eigenvalue weighted by Gasteiger charge is 2.02. The molecule has 0 atom stereocenters. The van der Waals surface area contributed by atoms with Gasteiger partial charge in [0.15, 0.2) is 0 Å². The summed E-state index contributed by atoms with van der Waals surface area (Å²) in [5, 5.41) is 4.20. The second kappa shape index (κ2) is 11.1. The number of aryl methyl sites for hydroxylation is 1. The van der Waals surface area contributed by atoms with Crippen molar-refractivity contribution < 1.29 is 4.74 Å². The first-order valence-electron chi connectivity index (χ1n) is 5.95. The molecule has 1 aromatic heterocycles. The standard InChI is InChI=1S/C5H11NO.C5H6S.C3H8/c1-6-2-4-7-5-3-6;1-5-2-3-6-4-5;1-3-2/h2-5H2,1H3;2-4H,1H3;3H2,1-2H3. The molecule has 2 heterocycles. The molecule has 2 nitrogen and oxygen atoms in total. The molecule has 1 aliphatic heterocycles. The molecular weight excluding hydrogens is 218 g/mol. The average molecular weight is 243 g/mol. The number of thiophene rings is 1. The maximum Gasteiger partial charge on any atom is 0.0594 e. The highest BCUT2D eigenvalue weighted by atomic mass is 32.1. The molecule has 0 aromatic carbocycles. The molecule has 16 heavy (non-hydrogen) atoms. The number of morpholine rings is 1. The van der Waals surface area contributed by atoms with E-state index in [0.717, 1.165) is 26.3 Å². The van der Waals surface area contributed by atoms with Crippen LogP contribution in [0.3, 0.4) is 0 Å². The molecule has 2 rings (SSSR count). The van der Waals surface area contributed by atoms with Crippen LogP contribution in [0.1, 0.15) is 25.8 Å². The summed E-state index contributed by atoms with van der Waals surface area (Å²) in [6.45, 7) is 10.4. The van der Waals surface area contributed by atoms with E-state index in [1.165, 1.54) is 12.0 Å². The molecule has 0 aliphatic carbocycles. The normalized spacial score (nSPS) is 15.5. The molecule has 0 saturated carbocycles. The summed E-state index contributed by atoms with van der Waals surface area (Å²) in [7, 11) is 2.11. The molecule has 1 fully saturated rings. The topological polar surface area (TPSA) is 12.5 Å². The van der Waals surface area contributed by atoms with Gasteiger partial charge in [0.05, 0.1) is 13.2 Å². The lowest BCUT2D eigenvalue weighted by atomic mass is 10.4. The van der Waals surface area contributed by atoms with Gasteiger partial charge in [-0.15, -0.1) is 0 Å². The fraction of sp³-hybridized carbons (Fsp3) is 0.692. The van der Waals surface area contributed by atoms with Crippen LogP contribution < -0.4 is 0 Å². The van der Waals surface area contributed by atoms with Crippen molar-refractivity contribution in [1.82, 2.24) is 4.90 Å². The van der Waals surface area contributed by atoms with Gasteiger partial charge in [-0.25, -0.2) is 0 Å². The Bertz CT molecular complexity index is 218. The molecule has 0 spiro atoms. The van der Waals surface area contributed by atoms with E-state index in [1.807, 2.05) is 0 Å². The van der Waals surface area contributed by atoms with Crippen LogP contribution in [0.5, 0.6) is 0 Å². The molecule has 3 heteroatoms. The van der Waals surface area contributed by atoms with Crippen molar-refractivity contribution in [2.45, 2.75) is 27.2 Å². The zero-order chi connectivity index (χ0) is 12.2. The first-order chi connectivity index (χ1) is 7.70. The Hall–Kier alpha value is -0.380. The van der Waals surface area contributed by atoms with Gasteiger partial charge in [0.25, 0.3) is 0 Å². The third-order valence-electron chi connectivity index (χ3n) is 1.90. The predicted molar refractivity (Wildman–Crippen MR) is 73.3 cm³/mol. The van der Waals surface area contributed by atoms with Crippen LogP contribution in [0.25, 0.3) is 0 Å². The van der Waals surface area contributed by atoms with E-state index in [1.54, 1.807) is 11.3 Å². The Morgan fingerprint density at radius 1 is 1.31 bits per heavy atom. The number of likely N-dealkylation sites (N-methyl/N-ethyl adjacent to an activating group) is 1. The number of hydrogen-bond donors (Lipinski definition) is 0.